The number of thiocarbonyl (C=S) groups is 1. The van der Waals surface area contributed by atoms with Gasteiger partial charge in [0.2, 0.25) is 0 Å². The third kappa shape index (κ3) is 5.28. The van der Waals surface area contributed by atoms with Gasteiger partial charge in [-0.3, -0.25) is 4.79 Å². The monoisotopic (exact) mass is 330 g/mol. The van der Waals surface area contributed by atoms with Crippen molar-refractivity contribution in [2.24, 2.45) is 0 Å². The summed E-state index contributed by atoms with van der Waals surface area (Å²) in [6, 6.07) is 18.5. The topological polar surface area (TPSA) is 37.3 Å². The van der Waals surface area contributed by atoms with Gasteiger partial charge in [0.15, 0.2) is 0 Å². The Balaban J connectivity index is 2.08. The zero-order chi connectivity index (χ0) is 15.9. The van der Waals surface area contributed by atoms with E-state index in [-0.39, 0.29) is 11.7 Å². The third-order valence-corrected chi connectivity index (χ3v) is 4.55. The minimum atomic E-state index is -0.783. The maximum absolute atomic E-state index is 11.0. The molecule has 0 aliphatic carbocycles. The number of benzene rings is 2. The molecular weight excluding hydrogens is 312 g/mol. The number of carboxylic acids is 1. The van der Waals surface area contributed by atoms with E-state index in [9.17, 15) is 4.79 Å². The van der Waals surface area contributed by atoms with Gasteiger partial charge in [0.05, 0.1) is 6.42 Å². The second-order valence-electron chi connectivity index (χ2n) is 5.10. The van der Waals surface area contributed by atoms with Crippen molar-refractivity contribution in [2.45, 2.75) is 25.0 Å². The Labute approximate surface area is 140 Å². The van der Waals surface area contributed by atoms with Crippen molar-refractivity contribution >= 4 is 34.1 Å². The lowest BCUT2D eigenvalue weighted by Gasteiger charge is -2.14. The molecule has 22 heavy (non-hydrogen) atoms. The fraction of sp³-hybridized carbons (Fsp3) is 0.222. The van der Waals surface area contributed by atoms with E-state index in [1.807, 2.05) is 25.1 Å². The average Bonchev–Trinajstić information content (AvgIpc) is 2.47. The molecule has 1 atom stereocenters. The highest BCUT2D eigenvalue weighted by atomic mass is 32.2. The van der Waals surface area contributed by atoms with Crippen LogP contribution in [0.25, 0.3) is 11.1 Å². The van der Waals surface area contributed by atoms with Crippen LogP contribution in [0.1, 0.15) is 18.9 Å². The normalized spacial score (nSPS) is 11.9. The highest BCUT2D eigenvalue weighted by Crippen LogP contribution is 2.24. The van der Waals surface area contributed by atoms with Crippen molar-refractivity contribution in [3.63, 3.8) is 0 Å². The molecule has 0 amide bonds. The van der Waals surface area contributed by atoms with E-state index in [1.54, 1.807) is 0 Å². The molecule has 0 radical (unpaired) electrons. The minimum absolute atomic E-state index is 0.0161. The standard InChI is InChI=1S/C18H18O2S2/c1-13(21)22-17(12-18(19)20)11-14-7-9-16(10-8-14)15-5-3-2-4-6-15/h2-10,17H,11-12H2,1H3,(H,19,20). The molecule has 4 heteroatoms. The van der Waals surface area contributed by atoms with Crippen LogP contribution in [0.3, 0.4) is 0 Å². The highest BCUT2D eigenvalue weighted by molar-refractivity contribution is 8.23. The number of thioether (sulfide) groups is 1. The van der Waals surface area contributed by atoms with Gasteiger partial charge in [-0.15, -0.1) is 11.8 Å². The van der Waals surface area contributed by atoms with Crippen molar-refractivity contribution in [1.82, 2.24) is 0 Å². The highest BCUT2D eigenvalue weighted by Gasteiger charge is 2.15. The summed E-state index contributed by atoms with van der Waals surface area (Å²) in [5.74, 6) is -0.783. The molecule has 1 unspecified atom stereocenters. The van der Waals surface area contributed by atoms with Crippen LogP contribution in [0.2, 0.25) is 0 Å². The third-order valence-electron chi connectivity index (χ3n) is 3.26. The van der Waals surface area contributed by atoms with E-state index >= 15 is 0 Å². The largest absolute Gasteiger partial charge is 0.481 e. The fourth-order valence-electron chi connectivity index (χ4n) is 2.31. The zero-order valence-corrected chi connectivity index (χ0v) is 14.0. The summed E-state index contributed by atoms with van der Waals surface area (Å²) in [5.41, 5.74) is 3.48. The maximum Gasteiger partial charge on any atom is 0.304 e. The first-order valence-corrected chi connectivity index (χ1v) is 8.37. The first kappa shape index (κ1) is 16.7. The lowest BCUT2D eigenvalue weighted by molar-refractivity contribution is -0.136. The predicted octanol–water partition coefficient (Wildman–Crippen LogP) is 4.82. The maximum atomic E-state index is 11.0. The van der Waals surface area contributed by atoms with E-state index in [4.69, 9.17) is 17.3 Å². The molecular formula is C18H18O2S2. The van der Waals surface area contributed by atoms with Crippen LogP contribution < -0.4 is 0 Å². The van der Waals surface area contributed by atoms with Gasteiger partial charge in [0.25, 0.3) is 0 Å². The van der Waals surface area contributed by atoms with Crippen molar-refractivity contribution in [3.8, 4) is 11.1 Å². The van der Waals surface area contributed by atoms with E-state index in [0.717, 1.165) is 15.3 Å². The number of hydrogen-bond donors (Lipinski definition) is 1. The Morgan fingerprint density at radius 1 is 1.09 bits per heavy atom. The lowest BCUT2D eigenvalue weighted by atomic mass is 10.0. The zero-order valence-electron chi connectivity index (χ0n) is 12.4. The Morgan fingerprint density at radius 2 is 1.68 bits per heavy atom. The first-order chi connectivity index (χ1) is 10.5. The van der Waals surface area contributed by atoms with Crippen LogP contribution in [0.5, 0.6) is 0 Å². The molecule has 1 N–H and O–H groups in total. The molecule has 0 spiro atoms. The molecule has 0 aromatic heterocycles. The Kier molecular flexibility index (Phi) is 6.16. The molecule has 2 nitrogen and oxygen atoms in total. The molecule has 2 aromatic rings. The number of aliphatic carboxylic acids is 1. The first-order valence-electron chi connectivity index (χ1n) is 7.08. The Hall–Kier alpha value is -1.65. The van der Waals surface area contributed by atoms with Gasteiger partial charge in [-0.25, -0.2) is 0 Å². The summed E-state index contributed by atoms with van der Waals surface area (Å²) in [5, 5.41) is 8.99. The summed E-state index contributed by atoms with van der Waals surface area (Å²) in [6.07, 6.45) is 0.832. The van der Waals surface area contributed by atoms with Crippen molar-refractivity contribution in [3.05, 3.63) is 60.2 Å². The summed E-state index contributed by atoms with van der Waals surface area (Å²) >= 11 is 6.57. The van der Waals surface area contributed by atoms with Gasteiger partial charge >= 0.3 is 5.97 Å². The number of rotatable bonds is 6. The second-order valence-corrected chi connectivity index (χ2v) is 7.48. The summed E-state index contributed by atoms with van der Waals surface area (Å²) in [6.45, 7) is 1.84. The van der Waals surface area contributed by atoms with Crippen molar-refractivity contribution in [2.75, 3.05) is 0 Å². The molecule has 0 heterocycles. The predicted molar refractivity (Wildman–Crippen MR) is 97.5 cm³/mol. The van der Waals surface area contributed by atoms with Crippen LogP contribution in [0, 0.1) is 0 Å². The molecule has 0 fully saturated rings. The van der Waals surface area contributed by atoms with E-state index in [0.29, 0.717) is 6.42 Å². The number of hydrogen-bond acceptors (Lipinski definition) is 3. The second kappa shape index (κ2) is 8.11. The smallest absolute Gasteiger partial charge is 0.304 e. The average molecular weight is 330 g/mol. The number of carboxylic acid groups (broad SMARTS) is 1. The Bertz CT molecular complexity index is 620. The quantitative estimate of drug-likeness (QED) is 0.771. The van der Waals surface area contributed by atoms with Gasteiger partial charge in [-0.05, 0) is 30.0 Å². The molecule has 0 saturated heterocycles. The van der Waals surface area contributed by atoms with Gasteiger partial charge in [-0.1, -0.05) is 66.8 Å². The van der Waals surface area contributed by atoms with Gasteiger partial charge in [0, 0.05) is 9.45 Å². The molecule has 0 bridgehead atoms. The van der Waals surface area contributed by atoms with Crippen LogP contribution in [-0.2, 0) is 11.2 Å². The number of carbonyl (C=O) groups is 1. The van der Waals surface area contributed by atoms with Gasteiger partial charge in [-0.2, -0.15) is 0 Å². The van der Waals surface area contributed by atoms with Crippen LogP contribution in [0.4, 0.5) is 0 Å². The van der Waals surface area contributed by atoms with Crippen LogP contribution in [0.15, 0.2) is 54.6 Å². The van der Waals surface area contributed by atoms with E-state index in [2.05, 4.69) is 36.4 Å². The van der Waals surface area contributed by atoms with Gasteiger partial charge < -0.3 is 5.11 Å². The summed E-state index contributed by atoms with van der Waals surface area (Å²) in [4.78, 5) is 11.0. The van der Waals surface area contributed by atoms with Crippen molar-refractivity contribution in [1.29, 1.82) is 0 Å². The van der Waals surface area contributed by atoms with Crippen LogP contribution in [-0.4, -0.2) is 20.5 Å². The van der Waals surface area contributed by atoms with E-state index < -0.39 is 5.97 Å². The molecule has 0 aliphatic rings. The Morgan fingerprint density at radius 3 is 2.23 bits per heavy atom. The molecule has 2 aromatic carbocycles. The van der Waals surface area contributed by atoms with Gasteiger partial charge in [0.1, 0.15) is 0 Å². The molecule has 0 aliphatic heterocycles. The summed E-state index contributed by atoms with van der Waals surface area (Å²) < 4.78 is 0.784. The van der Waals surface area contributed by atoms with Crippen LogP contribution >= 0.6 is 24.0 Å². The van der Waals surface area contributed by atoms with Crippen molar-refractivity contribution < 1.29 is 9.90 Å². The summed E-state index contributed by atoms with van der Waals surface area (Å²) in [7, 11) is 0. The van der Waals surface area contributed by atoms with E-state index in [1.165, 1.54) is 17.3 Å². The lowest BCUT2D eigenvalue weighted by Crippen LogP contribution is -2.14. The SMILES string of the molecule is CC(=S)SC(CC(=O)O)Cc1ccc(-c2ccccc2)cc1. The molecule has 114 valence electrons. The molecule has 0 saturated carbocycles. The molecule has 2 rings (SSSR count). The minimum Gasteiger partial charge on any atom is -0.481 e. The fourth-order valence-corrected chi connectivity index (χ4v) is 3.69.